The number of nitrogens with two attached hydrogens (primary N) is 1. The quantitative estimate of drug-likeness (QED) is 0.854. The average molecular weight is 266 g/mol. The van der Waals surface area contributed by atoms with Crippen molar-refractivity contribution in [2.24, 2.45) is 23.0 Å². The van der Waals surface area contributed by atoms with Crippen LogP contribution < -0.4 is 5.73 Å². The van der Waals surface area contributed by atoms with Crippen LogP contribution in [-0.2, 0) is 4.79 Å². The van der Waals surface area contributed by atoms with Crippen molar-refractivity contribution in [3.63, 3.8) is 0 Å². The maximum absolute atomic E-state index is 12.6. The largest absolute Gasteiger partial charge is 0.343 e. The maximum atomic E-state index is 12.6. The van der Waals surface area contributed by atoms with Crippen LogP contribution >= 0.6 is 0 Å². The average Bonchev–Trinajstić information content (AvgIpc) is 2.85. The number of rotatable bonds is 3. The van der Waals surface area contributed by atoms with Crippen molar-refractivity contribution in [3.05, 3.63) is 0 Å². The third-order valence-corrected chi connectivity index (χ3v) is 5.48. The minimum Gasteiger partial charge on any atom is -0.343 e. The van der Waals surface area contributed by atoms with Gasteiger partial charge in [-0.3, -0.25) is 4.79 Å². The van der Waals surface area contributed by atoms with Crippen molar-refractivity contribution in [1.82, 2.24) is 4.90 Å². The lowest BCUT2D eigenvalue weighted by Crippen LogP contribution is -2.44. The lowest BCUT2D eigenvalue weighted by atomic mass is 9.75. The zero-order valence-corrected chi connectivity index (χ0v) is 12.8. The Morgan fingerprint density at radius 3 is 2.42 bits per heavy atom. The van der Waals surface area contributed by atoms with E-state index in [9.17, 15) is 4.79 Å². The summed E-state index contributed by atoms with van der Waals surface area (Å²) in [5, 5.41) is 0. The van der Waals surface area contributed by atoms with Crippen LogP contribution in [0.2, 0.25) is 0 Å². The van der Waals surface area contributed by atoms with Gasteiger partial charge in [-0.2, -0.15) is 0 Å². The van der Waals surface area contributed by atoms with Crippen molar-refractivity contribution in [1.29, 1.82) is 0 Å². The molecule has 2 N–H and O–H groups in total. The highest BCUT2D eigenvalue weighted by molar-refractivity contribution is 5.79. The highest BCUT2D eigenvalue weighted by atomic mass is 16.2. The molecule has 2 aliphatic rings. The first-order valence-electron chi connectivity index (χ1n) is 7.91. The SMILES string of the molecule is CN(C(=O)[C@@H]1CCC[C@@H]1CN)C1CCC(C)(C)CC1. The van der Waals surface area contributed by atoms with Crippen molar-refractivity contribution >= 4 is 5.91 Å². The molecule has 0 saturated heterocycles. The molecule has 0 bridgehead atoms. The van der Waals surface area contributed by atoms with Gasteiger partial charge in [0, 0.05) is 19.0 Å². The Morgan fingerprint density at radius 2 is 1.84 bits per heavy atom. The second kappa shape index (κ2) is 5.82. The van der Waals surface area contributed by atoms with Gasteiger partial charge in [-0.15, -0.1) is 0 Å². The molecule has 0 aromatic rings. The van der Waals surface area contributed by atoms with Gasteiger partial charge in [0.2, 0.25) is 5.91 Å². The van der Waals surface area contributed by atoms with E-state index in [0.717, 1.165) is 25.7 Å². The monoisotopic (exact) mass is 266 g/mol. The fourth-order valence-corrected chi connectivity index (χ4v) is 3.86. The Morgan fingerprint density at radius 1 is 1.21 bits per heavy atom. The number of nitrogens with zero attached hydrogens (tertiary/aromatic N) is 1. The second-order valence-electron chi connectivity index (χ2n) is 7.38. The summed E-state index contributed by atoms with van der Waals surface area (Å²) in [5.74, 6) is 0.984. The Labute approximate surface area is 117 Å². The van der Waals surface area contributed by atoms with Crippen molar-refractivity contribution in [2.75, 3.05) is 13.6 Å². The van der Waals surface area contributed by atoms with Gasteiger partial charge in [0.1, 0.15) is 0 Å². The van der Waals surface area contributed by atoms with Gasteiger partial charge in [0.25, 0.3) is 0 Å². The molecule has 1 amide bonds. The van der Waals surface area contributed by atoms with E-state index in [1.54, 1.807) is 0 Å². The molecule has 0 spiro atoms. The Bertz CT molecular complexity index is 317. The van der Waals surface area contributed by atoms with E-state index in [1.165, 1.54) is 19.3 Å². The molecular formula is C16H30N2O. The van der Waals surface area contributed by atoms with Crippen molar-refractivity contribution in [3.8, 4) is 0 Å². The van der Waals surface area contributed by atoms with Gasteiger partial charge in [-0.25, -0.2) is 0 Å². The van der Waals surface area contributed by atoms with Gasteiger partial charge in [0.15, 0.2) is 0 Å². The molecule has 0 heterocycles. The number of hydrogen-bond donors (Lipinski definition) is 1. The fourth-order valence-electron chi connectivity index (χ4n) is 3.86. The molecule has 0 aromatic carbocycles. The molecule has 110 valence electrons. The summed E-state index contributed by atoms with van der Waals surface area (Å²) in [7, 11) is 2.01. The first-order valence-corrected chi connectivity index (χ1v) is 7.91. The first kappa shape index (κ1) is 14.8. The molecule has 3 heteroatoms. The summed E-state index contributed by atoms with van der Waals surface area (Å²) in [5.41, 5.74) is 6.27. The minimum atomic E-state index is 0.199. The summed E-state index contributed by atoms with van der Waals surface area (Å²) < 4.78 is 0. The molecule has 2 rings (SSSR count). The van der Waals surface area contributed by atoms with E-state index in [1.807, 2.05) is 11.9 Å². The number of carbonyl (C=O) groups is 1. The molecule has 2 aliphatic carbocycles. The van der Waals surface area contributed by atoms with Gasteiger partial charge in [-0.05, 0) is 56.4 Å². The molecule has 2 saturated carbocycles. The van der Waals surface area contributed by atoms with Crippen LogP contribution in [0.15, 0.2) is 0 Å². The van der Waals surface area contributed by atoms with Gasteiger partial charge in [-0.1, -0.05) is 20.3 Å². The van der Waals surface area contributed by atoms with Crippen LogP contribution in [-0.4, -0.2) is 30.4 Å². The van der Waals surface area contributed by atoms with Crippen LogP contribution in [0.4, 0.5) is 0 Å². The molecule has 0 aliphatic heterocycles. The van der Waals surface area contributed by atoms with Crippen molar-refractivity contribution < 1.29 is 4.79 Å². The summed E-state index contributed by atoms with van der Waals surface area (Å²) >= 11 is 0. The number of carbonyl (C=O) groups excluding carboxylic acids is 1. The van der Waals surface area contributed by atoms with Crippen LogP contribution in [0, 0.1) is 17.3 Å². The third-order valence-electron chi connectivity index (χ3n) is 5.48. The molecule has 0 unspecified atom stereocenters. The molecular weight excluding hydrogens is 236 g/mol. The van der Waals surface area contributed by atoms with Crippen molar-refractivity contribution in [2.45, 2.75) is 64.8 Å². The van der Waals surface area contributed by atoms with Crippen LogP contribution in [0.1, 0.15) is 58.8 Å². The molecule has 2 atom stereocenters. The summed E-state index contributed by atoms with van der Waals surface area (Å²) in [4.78, 5) is 14.7. The lowest BCUT2D eigenvalue weighted by Gasteiger charge is -2.39. The van der Waals surface area contributed by atoms with E-state index in [0.29, 0.717) is 29.8 Å². The topological polar surface area (TPSA) is 46.3 Å². The molecule has 3 nitrogen and oxygen atoms in total. The maximum Gasteiger partial charge on any atom is 0.225 e. The molecule has 19 heavy (non-hydrogen) atoms. The summed E-state index contributed by atoms with van der Waals surface area (Å²) in [6, 6.07) is 0.458. The predicted octanol–water partition coefficient (Wildman–Crippen LogP) is 2.79. The number of amides is 1. The smallest absolute Gasteiger partial charge is 0.225 e. The second-order valence-corrected chi connectivity index (χ2v) is 7.38. The molecule has 0 radical (unpaired) electrons. The fraction of sp³-hybridized carbons (Fsp3) is 0.938. The Kier molecular flexibility index (Phi) is 4.54. The normalized spacial score (nSPS) is 31.4. The minimum absolute atomic E-state index is 0.199. The molecule has 2 fully saturated rings. The predicted molar refractivity (Wildman–Crippen MR) is 78.7 cm³/mol. The van der Waals surface area contributed by atoms with E-state index < -0.39 is 0 Å². The third kappa shape index (κ3) is 3.31. The Hall–Kier alpha value is -0.570. The van der Waals surface area contributed by atoms with Crippen LogP contribution in [0.25, 0.3) is 0 Å². The van der Waals surface area contributed by atoms with Crippen LogP contribution in [0.3, 0.4) is 0 Å². The van der Waals surface area contributed by atoms with Gasteiger partial charge < -0.3 is 10.6 Å². The Balaban J connectivity index is 1.92. The summed E-state index contributed by atoms with van der Waals surface area (Å²) in [6.07, 6.45) is 8.15. The highest BCUT2D eigenvalue weighted by Gasteiger charge is 2.37. The number of hydrogen-bond acceptors (Lipinski definition) is 2. The first-order chi connectivity index (χ1) is 8.94. The highest BCUT2D eigenvalue weighted by Crippen LogP contribution is 2.38. The van der Waals surface area contributed by atoms with Gasteiger partial charge in [0.05, 0.1) is 0 Å². The molecule has 0 aromatic heterocycles. The summed E-state index contributed by atoms with van der Waals surface area (Å²) in [6.45, 7) is 5.35. The standard InChI is InChI=1S/C16H30N2O/c1-16(2)9-7-13(8-10-16)18(3)15(19)14-6-4-5-12(14)11-17/h12-14H,4-11,17H2,1-3H3/t12-,14-/m1/s1. The lowest BCUT2D eigenvalue weighted by molar-refractivity contribution is -0.138. The van der Waals surface area contributed by atoms with Gasteiger partial charge >= 0.3 is 0 Å². The van der Waals surface area contributed by atoms with Crippen LogP contribution in [0.5, 0.6) is 0 Å². The van der Waals surface area contributed by atoms with E-state index in [4.69, 9.17) is 5.73 Å². The zero-order chi connectivity index (χ0) is 14.0. The van der Waals surface area contributed by atoms with E-state index in [-0.39, 0.29) is 5.92 Å². The van der Waals surface area contributed by atoms with E-state index >= 15 is 0 Å². The van der Waals surface area contributed by atoms with E-state index in [2.05, 4.69) is 13.8 Å². The zero-order valence-electron chi connectivity index (χ0n) is 12.8.